The van der Waals surface area contributed by atoms with Crippen LogP contribution in [-0.2, 0) is 11.2 Å². The van der Waals surface area contributed by atoms with Crippen LogP contribution in [0.15, 0.2) is 41.0 Å². The van der Waals surface area contributed by atoms with Gasteiger partial charge < -0.3 is 9.73 Å². The number of hydrogen-bond acceptors (Lipinski definition) is 2. The van der Waals surface area contributed by atoms with Crippen LogP contribution in [0.3, 0.4) is 0 Å². The van der Waals surface area contributed by atoms with Gasteiger partial charge in [0.05, 0.1) is 12.7 Å². The second kappa shape index (κ2) is 4.87. The van der Waals surface area contributed by atoms with E-state index in [1.165, 1.54) is 0 Å². The maximum absolute atomic E-state index is 11.7. The van der Waals surface area contributed by atoms with Crippen molar-refractivity contribution in [3.05, 3.63) is 53.5 Å². The number of carbonyl (C=O) groups is 1. The van der Waals surface area contributed by atoms with Gasteiger partial charge in [0.1, 0.15) is 5.76 Å². The summed E-state index contributed by atoms with van der Waals surface area (Å²) < 4.78 is 5.13. The highest BCUT2D eigenvalue weighted by molar-refractivity contribution is 5.92. The number of benzene rings is 1. The van der Waals surface area contributed by atoms with Crippen molar-refractivity contribution in [1.29, 1.82) is 0 Å². The van der Waals surface area contributed by atoms with Gasteiger partial charge in [-0.15, -0.1) is 0 Å². The van der Waals surface area contributed by atoms with E-state index in [-0.39, 0.29) is 12.3 Å². The minimum absolute atomic E-state index is 0.0649. The van der Waals surface area contributed by atoms with Crippen molar-refractivity contribution in [2.45, 2.75) is 20.3 Å². The largest absolute Gasteiger partial charge is 0.469 e. The first-order chi connectivity index (χ1) is 8.13. The Morgan fingerprint density at radius 2 is 1.94 bits per heavy atom. The molecular formula is C14H15NO2. The van der Waals surface area contributed by atoms with Crippen molar-refractivity contribution in [2.24, 2.45) is 0 Å². The van der Waals surface area contributed by atoms with Crippen LogP contribution in [0.1, 0.15) is 16.9 Å². The van der Waals surface area contributed by atoms with Crippen LogP contribution in [0.2, 0.25) is 0 Å². The third-order valence-electron chi connectivity index (χ3n) is 2.42. The molecule has 1 aromatic carbocycles. The number of furan rings is 1. The normalized spacial score (nSPS) is 10.2. The molecule has 2 aromatic rings. The Labute approximate surface area is 100 Å². The zero-order chi connectivity index (χ0) is 12.3. The van der Waals surface area contributed by atoms with Crippen molar-refractivity contribution in [3.8, 4) is 0 Å². The molecule has 2 rings (SSSR count). The Morgan fingerprint density at radius 1 is 1.24 bits per heavy atom. The average Bonchev–Trinajstić information content (AvgIpc) is 2.67. The molecule has 0 aliphatic heterocycles. The molecule has 3 heteroatoms. The molecular weight excluding hydrogens is 214 g/mol. The predicted octanol–water partition coefficient (Wildman–Crippen LogP) is 3.08. The molecule has 0 bridgehead atoms. The summed E-state index contributed by atoms with van der Waals surface area (Å²) in [5.41, 5.74) is 3.11. The van der Waals surface area contributed by atoms with Gasteiger partial charge in [0.2, 0.25) is 5.91 Å². The fourth-order valence-electron chi connectivity index (χ4n) is 1.82. The molecule has 0 saturated heterocycles. The number of hydrogen-bond donors (Lipinski definition) is 1. The molecule has 0 unspecified atom stereocenters. The highest BCUT2D eigenvalue weighted by Gasteiger charge is 2.06. The lowest BCUT2D eigenvalue weighted by Gasteiger charge is -2.06. The standard InChI is InChI=1S/C14H15NO2/c1-10-6-11(2)8-12(7-10)15-14(16)9-13-4-3-5-17-13/h3-8H,9H2,1-2H3,(H,15,16). The number of amides is 1. The first-order valence-corrected chi connectivity index (χ1v) is 5.54. The molecule has 0 spiro atoms. The number of rotatable bonds is 3. The van der Waals surface area contributed by atoms with E-state index in [1.54, 1.807) is 18.4 Å². The first-order valence-electron chi connectivity index (χ1n) is 5.54. The molecule has 0 aliphatic rings. The van der Waals surface area contributed by atoms with Crippen LogP contribution in [0.5, 0.6) is 0 Å². The van der Waals surface area contributed by atoms with Crippen LogP contribution in [0.4, 0.5) is 5.69 Å². The monoisotopic (exact) mass is 229 g/mol. The van der Waals surface area contributed by atoms with Gasteiger partial charge in [0.15, 0.2) is 0 Å². The maximum Gasteiger partial charge on any atom is 0.231 e. The molecule has 1 heterocycles. The molecule has 17 heavy (non-hydrogen) atoms. The summed E-state index contributed by atoms with van der Waals surface area (Å²) in [6.07, 6.45) is 1.83. The first kappa shape index (κ1) is 11.5. The van der Waals surface area contributed by atoms with E-state index in [2.05, 4.69) is 11.4 Å². The van der Waals surface area contributed by atoms with Crippen molar-refractivity contribution < 1.29 is 9.21 Å². The molecule has 0 fully saturated rings. The summed E-state index contributed by atoms with van der Waals surface area (Å²) in [6, 6.07) is 9.54. The molecule has 0 aliphatic carbocycles. The van der Waals surface area contributed by atoms with Gasteiger partial charge in [-0.2, -0.15) is 0 Å². The Kier molecular flexibility index (Phi) is 3.28. The maximum atomic E-state index is 11.7. The lowest BCUT2D eigenvalue weighted by atomic mass is 10.1. The molecule has 1 amide bonds. The van der Waals surface area contributed by atoms with E-state index >= 15 is 0 Å². The van der Waals surface area contributed by atoms with Crippen molar-refractivity contribution in [2.75, 3.05) is 5.32 Å². The zero-order valence-corrected chi connectivity index (χ0v) is 9.99. The fourth-order valence-corrected chi connectivity index (χ4v) is 1.82. The van der Waals surface area contributed by atoms with Crippen molar-refractivity contribution in [3.63, 3.8) is 0 Å². The minimum Gasteiger partial charge on any atom is -0.469 e. The van der Waals surface area contributed by atoms with Crippen LogP contribution < -0.4 is 5.32 Å². The van der Waals surface area contributed by atoms with E-state index in [0.29, 0.717) is 5.76 Å². The summed E-state index contributed by atoms with van der Waals surface area (Å²) in [4.78, 5) is 11.7. The molecule has 88 valence electrons. The van der Waals surface area contributed by atoms with Gasteiger partial charge in [-0.3, -0.25) is 4.79 Å². The van der Waals surface area contributed by atoms with Crippen LogP contribution in [0, 0.1) is 13.8 Å². The zero-order valence-electron chi connectivity index (χ0n) is 9.99. The summed E-state index contributed by atoms with van der Waals surface area (Å²) in [7, 11) is 0. The van der Waals surface area contributed by atoms with E-state index in [1.807, 2.05) is 26.0 Å². The Hall–Kier alpha value is -2.03. The Balaban J connectivity index is 2.03. The molecule has 0 atom stereocenters. The summed E-state index contributed by atoms with van der Waals surface area (Å²) >= 11 is 0. The number of aryl methyl sites for hydroxylation is 2. The summed E-state index contributed by atoms with van der Waals surface area (Å²) in [5, 5.41) is 2.86. The third kappa shape index (κ3) is 3.21. The molecule has 3 nitrogen and oxygen atoms in total. The summed E-state index contributed by atoms with van der Waals surface area (Å²) in [6.45, 7) is 4.02. The Morgan fingerprint density at radius 3 is 2.53 bits per heavy atom. The number of nitrogens with one attached hydrogen (secondary N) is 1. The lowest BCUT2D eigenvalue weighted by Crippen LogP contribution is -2.14. The second-order valence-corrected chi connectivity index (χ2v) is 4.18. The van der Waals surface area contributed by atoms with E-state index in [0.717, 1.165) is 16.8 Å². The molecule has 0 radical (unpaired) electrons. The second-order valence-electron chi connectivity index (χ2n) is 4.18. The van der Waals surface area contributed by atoms with E-state index in [9.17, 15) is 4.79 Å². The van der Waals surface area contributed by atoms with Crippen molar-refractivity contribution >= 4 is 11.6 Å². The van der Waals surface area contributed by atoms with Gasteiger partial charge >= 0.3 is 0 Å². The third-order valence-corrected chi connectivity index (χ3v) is 2.42. The quantitative estimate of drug-likeness (QED) is 0.878. The van der Waals surface area contributed by atoms with Crippen LogP contribution in [-0.4, -0.2) is 5.91 Å². The summed E-state index contributed by atoms with van der Waals surface area (Å²) in [5.74, 6) is 0.608. The van der Waals surface area contributed by atoms with Gasteiger partial charge in [-0.05, 0) is 49.2 Å². The highest BCUT2D eigenvalue weighted by Crippen LogP contribution is 2.14. The van der Waals surface area contributed by atoms with Crippen LogP contribution >= 0.6 is 0 Å². The van der Waals surface area contributed by atoms with Gasteiger partial charge in [-0.25, -0.2) is 0 Å². The molecule has 1 aromatic heterocycles. The average molecular weight is 229 g/mol. The Bertz CT molecular complexity index is 495. The smallest absolute Gasteiger partial charge is 0.231 e. The van der Waals surface area contributed by atoms with Gasteiger partial charge in [0.25, 0.3) is 0 Å². The minimum atomic E-state index is -0.0649. The molecule has 0 saturated carbocycles. The van der Waals surface area contributed by atoms with E-state index < -0.39 is 0 Å². The predicted molar refractivity (Wildman–Crippen MR) is 67.0 cm³/mol. The van der Waals surface area contributed by atoms with E-state index in [4.69, 9.17) is 4.42 Å². The van der Waals surface area contributed by atoms with Crippen molar-refractivity contribution in [1.82, 2.24) is 0 Å². The SMILES string of the molecule is Cc1cc(C)cc(NC(=O)Cc2ccco2)c1. The van der Waals surface area contributed by atoms with Crippen LogP contribution in [0.25, 0.3) is 0 Å². The van der Waals surface area contributed by atoms with Gasteiger partial charge in [0, 0.05) is 5.69 Å². The van der Waals surface area contributed by atoms with Gasteiger partial charge in [-0.1, -0.05) is 6.07 Å². The fraction of sp³-hybridized carbons (Fsp3) is 0.214. The topological polar surface area (TPSA) is 42.2 Å². The molecule has 1 N–H and O–H groups in total. The number of anilines is 1. The number of carbonyl (C=O) groups excluding carboxylic acids is 1. The highest BCUT2D eigenvalue weighted by atomic mass is 16.3. The lowest BCUT2D eigenvalue weighted by molar-refractivity contribution is -0.115.